The minimum Gasteiger partial charge on any atom is -0.309 e. The van der Waals surface area contributed by atoms with Gasteiger partial charge in [0.05, 0.1) is 55.9 Å². The number of aromatic nitrogens is 10. The molecule has 24 aromatic rings. The molecule has 130 heavy (non-hydrogen) atoms. The molecule has 10 nitrogen and oxygen atoms in total. The van der Waals surface area contributed by atoms with Gasteiger partial charge < -0.3 is 9.13 Å². The molecule has 0 bridgehead atoms. The molecule has 17 aromatic carbocycles. The van der Waals surface area contributed by atoms with Gasteiger partial charge in [-0.1, -0.05) is 349 Å². The normalized spacial score (nSPS) is 12.7. The zero-order valence-electron chi connectivity index (χ0n) is 71.8. The third kappa shape index (κ3) is 13.0. The van der Waals surface area contributed by atoms with E-state index in [4.69, 9.17) is 34.9 Å². The molecule has 7 heterocycles. The molecule has 0 N–H and O–H groups in total. The third-order valence-electron chi connectivity index (χ3n) is 26.3. The molecule has 0 fully saturated rings. The van der Waals surface area contributed by atoms with Crippen LogP contribution in [0, 0.1) is 0 Å². The van der Waals surface area contributed by atoms with Crippen molar-refractivity contribution in [3.05, 3.63) is 447 Å². The number of rotatable bonds is 11. The highest BCUT2D eigenvalue weighted by atomic mass is 32.1. The van der Waals surface area contributed by atoms with Crippen molar-refractivity contribution in [2.24, 2.45) is 0 Å². The van der Waals surface area contributed by atoms with Crippen LogP contribution in [0.3, 0.4) is 0 Å². The van der Waals surface area contributed by atoms with Crippen LogP contribution in [-0.2, 0) is 10.8 Å². The molecule has 0 saturated heterocycles. The molecule has 0 unspecified atom stereocenters. The average Bonchev–Trinajstić information content (AvgIpc) is 1.51. The zero-order chi connectivity index (χ0) is 86.7. The molecule has 2 aliphatic rings. The first-order chi connectivity index (χ1) is 64.0. The van der Waals surface area contributed by atoms with Crippen LogP contribution in [0.25, 0.3) is 216 Å². The van der Waals surface area contributed by atoms with Gasteiger partial charge in [-0.15, -0.1) is 11.3 Å². The summed E-state index contributed by atoms with van der Waals surface area (Å²) in [6, 6.07) is 150. The molecule has 0 radical (unpaired) electrons. The lowest BCUT2D eigenvalue weighted by Crippen LogP contribution is -2.16. The maximum Gasteiger partial charge on any atom is 0.235 e. The van der Waals surface area contributed by atoms with Crippen LogP contribution in [0.1, 0.15) is 49.9 Å². The highest BCUT2D eigenvalue weighted by Gasteiger charge is 2.40. The Balaban J connectivity index is 0.000000109. The predicted molar refractivity (Wildman–Crippen MR) is 538 cm³/mol. The van der Waals surface area contributed by atoms with Crippen molar-refractivity contribution in [2.45, 2.75) is 38.5 Å². The van der Waals surface area contributed by atoms with Crippen molar-refractivity contribution in [1.82, 2.24) is 48.6 Å². The summed E-state index contributed by atoms with van der Waals surface area (Å²) in [6.07, 6.45) is 0. The first-order valence-electron chi connectivity index (χ1n) is 44.3. The number of hydrogen-bond acceptors (Lipinski definition) is 8. The molecule has 26 rings (SSSR count). The lowest BCUT2D eigenvalue weighted by atomic mass is 9.81. The number of hydrogen-bond donors (Lipinski definition) is 0. The second kappa shape index (κ2) is 31.3. The molecular formula is C119H82N10S. The van der Waals surface area contributed by atoms with Crippen molar-refractivity contribution < 1.29 is 0 Å². The fraction of sp³-hybridized carbons (Fsp3) is 0.0504. The number of nitrogens with zero attached hydrogens (tertiary/aromatic N) is 10. The van der Waals surface area contributed by atoms with E-state index >= 15 is 0 Å². The maximum atomic E-state index is 5.15. The summed E-state index contributed by atoms with van der Waals surface area (Å²) in [5, 5.41) is 10.2. The highest BCUT2D eigenvalue weighted by molar-refractivity contribution is 7.26. The molecule has 0 saturated carbocycles. The molecule has 0 atom stereocenters. The summed E-state index contributed by atoms with van der Waals surface area (Å²) < 4.78 is 9.69. The van der Waals surface area contributed by atoms with Crippen molar-refractivity contribution in [3.8, 4) is 130 Å². The number of benzene rings is 17. The zero-order valence-corrected chi connectivity index (χ0v) is 72.6. The number of thiophene rings is 1. The van der Waals surface area contributed by atoms with E-state index < -0.39 is 0 Å². The Labute approximate surface area is 755 Å². The quantitative estimate of drug-likeness (QED) is 0.127. The Hall–Kier alpha value is -16.5. The van der Waals surface area contributed by atoms with E-state index in [0.29, 0.717) is 29.2 Å². The van der Waals surface area contributed by atoms with Crippen molar-refractivity contribution in [1.29, 1.82) is 0 Å². The van der Waals surface area contributed by atoms with Gasteiger partial charge in [-0.2, -0.15) is 0 Å². The second-order valence-corrected chi connectivity index (χ2v) is 35.7. The summed E-state index contributed by atoms with van der Waals surface area (Å²) >= 11 is 1.86. The SMILES string of the molecule is CC1(C)c2ccccc2-c2cc3c(cc21)c1ccccc1n3-c1ccc(-c2nc(-c3ccccc3)nc(-c3ccccc3)n2)cc1.CC1(C)c2ccccc2-c2ccc3c4ccccc4n(-c4ccc(-c5nc(-c6ccccc6)cc(-c6ccccc6)n5)cc4)c3c21.c1ccc(-c2cc(-c3ccccc3)nc(-n3c4ccccc4c4c5sc6ccccc6c5ccc43)n2)cc1. The van der Waals surface area contributed by atoms with E-state index in [1.54, 1.807) is 0 Å². The van der Waals surface area contributed by atoms with Gasteiger partial charge in [-0.3, -0.25) is 4.57 Å². The van der Waals surface area contributed by atoms with E-state index in [0.717, 1.165) is 89.7 Å². The second-order valence-electron chi connectivity index (χ2n) is 34.6. The van der Waals surface area contributed by atoms with Crippen LogP contribution >= 0.6 is 11.3 Å². The molecule has 7 aromatic heterocycles. The van der Waals surface area contributed by atoms with E-state index in [1.165, 1.54) is 119 Å². The fourth-order valence-electron chi connectivity index (χ4n) is 20.1. The minimum atomic E-state index is -0.128. The molecule has 11 heteroatoms. The van der Waals surface area contributed by atoms with E-state index in [2.05, 4.69) is 381 Å². The lowest BCUT2D eigenvalue weighted by Gasteiger charge is -2.23. The molecule has 0 aliphatic heterocycles. The van der Waals surface area contributed by atoms with E-state index in [-0.39, 0.29) is 10.8 Å². The van der Waals surface area contributed by atoms with Crippen LogP contribution in [0.2, 0.25) is 0 Å². The third-order valence-corrected chi connectivity index (χ3v) is 27.5. The van der Waals surface area contributed by atoms with Crippen molar-refractivity contribution in [3.63, 3.8) is 0 Å². The standard InChI is InChI=1S/C43H31N3.C42H30N4.C34H21N3S/c1-43(2)36-19-11-9-17-32(36)34-25-26-35-33-18-10-12-20-39(33)46(41(35)40(34)43)31-23-21-30(22-24-31)42-44-37(28-13-5-3-6-14-28)27-38(45-42)29-15-7-4-8-16-29;1-42(2)35-19-11-9-17-31(35)33-26-38-34(25-36(33)42)32-18-10-12-20-37(32)46(38)30-23-21-29(22-24-30)41-44-39(27-13-5-3-6-14-27)43-40(45-41)28-15-7-4-8-16-28;1-3-11-22(12-4-1)27-21-28(23-13-5-2-6-14-23)36-34(35-27)37-29-17-9-7-16-26(29)32-30(37)20-19-25-24-15-8-10-18-31(24)38-33(25)32/h3-27H,1-2H3;3-26H,1-2H3;1-21H. The maximum absolute atomic E-state index is 5.15. The number of para-hydroxylation sites is 3. The summed E-state index contributed by atoms with van der Waals surface area (Å²) in [4.78, 5) is 35.2. The van der Waals surface area contributed by atoms with Gasteiger partial charge in [0.2, 0.25) is 5.95 Å². The summed E-state index contributed by atoms with van der Waals surface area (Å²) in [5.41, 5.74) is 31.8. The van der Waals surface area contributed by atoms with Crippen LogP contribution in [-0.4, -0.2) is 48.6 Å². The summed E-state index contributed by atoms with van der Waals surface area (Å²) in [7, 11) is 0. The van der Waals surface area contributed by atoms with Gasteiger partial charge in [0.15, 0.2) is 23.3 Å². The van der Waals surface area contributed by atoms with Crippen LogP contribution in [0.5, 0.6) is 0 Å². The monoisotopic (exact) mass is 1680 g/mol. The van der Waals surface area contributed by atoms with E-state index in [9.17, 15) is 0 Å². The Morgan fingerprint density at radius 2 is 0.608 bits per heavy atom. The number of fused-ring (bicyclic) bond motifs is 20. The smallest absolute Gasteiger partial charge is 0.235 e. The van der Waals surface area contributed by atoms with Crippen LogP contribution in [0.4, 0.5) is 0 Å². The predicted octanol–water partition coefficient (Wildman–Crippen LogP) is 30.4. The van der Waals surface area contributed by atoms with E-state index in [1.807, 2.05) is 96.3 Å². The van der Waals surface area contributed by atoms with Crippen molar-refractivity contribution in [2.75, 3.05) is 0 Å². The van der Waals surface area contributed by atoms with Gasteiger partial charge in [0.1, 0.15) is 0 Å². The molecule has 0 amide bonds. The molecular weight excluding hydrogens is 1600 g/mol. The largest absolute Gasteiger partial charge is 0.309 e. The van der Waals surface area contributed by atoms with Gasteiger partial charge in [0, 0.05) is 119 Å². The van der Waals surface area contributed by atoms with Crippen molar-refractivity contribution >= 4 is 96.9 Å². The topological polar surface area (TPSA) is 105 Å². The van der Waals surface area contributed by atoms with Gasteiger partial charge >= 0.3 is 0 Å². The van der Waals surface area contributed by atoms with Gasteiger partial charge in [-0.05, 0) is 148 Å². The minimum absolute atomic E-state index is 0.0489. The summed E-state index contributed by atoms with van der Waals surface area (Å²) in [6.45, 7) is 9.41. The highest BCUT2D eigenvalue weighted by Crippen LogP contribution is 2.55. The van der Waals surface area contributed by atoms with Crippen LogP contribution in [0.15, 0.2) is 425 Å². The van der Waals surface area contributed by atoms with Gasteiger partial charge in [-0.25, -0.2) is 34.9 Å². The molecule has 614 valence electrons. The molecule has 0 spiro atoms. The van der Waals surface area contributed by atoms with Crippen LogP contribution < -0.4 is 0 Å². The Bertz CT molecular complexity index is 8360. The molecule has 2 aliphatic carbocycles. The first-order valence-corrected chi connectivity index (χ1v) is 45.1. The fourth-order valence-corrected chi connectivity index (χ4v) is 21.3. The first kappa shape index (κ1) is 77.1. The Kier molecular flexibility index (Phi) is 18.6. The Morgan fingerprint density at radius 1 is 0.223 bits per heavy atom. The lowest BCUT2D eigenvalue weighted by molar-refractivity contribution is 0.661. The Morgan fingerprint density at radius 3 is 1.13 bits per heavy atom. The average molecular weight is 1680 g/mol. The summed E-state index contributed by atoms with van der Waals surface area (Å²) in [5.74, 6) is 3.36. The van der Waals surface area contributed by atoms with Gasteiger partial charge in [0.25, 0.3) is 0 Å².